The zero-order valence-electron chi connectivity index (χ0n) is 17.4. The molecule has 2 heterocycles. The van der Waals surface area contributed by atoms with Crippen molar-refractivity contribution in [3.8, 4) is 11.5 Å². The Balaban J connectivity index is 1.42. The number of benzene rings is 2. The van der Waals surface area contributed by atoms with E-state index in [9.17, 15) is 0 Å². The molecule has 0 saturated carbocycles. The third kappa shape index (κ3) is 4.89. The normalized spacial score (nSPS) is 15.3. The molecule has 0 amide bonds. The van der Waals surface area contributed by atoms with E-state index in [2.05, 4.69) is 21.1 Å². The molecule has 6 heteroatoms. The first-order valence-corrected chi connectivity index (χ1v) is 10.5. The van der Waals surface area contributed by atoms with Crippen molar-refractivity contribution in [2.24, 2.45) is 10.9 Å². The van der Waals surface area contributed by atoms with Crippen LogP contribution in [0.5, 0.6) is 0 Å². The third-order valence-electron chi connectivity index (χ3n) is 5.41. The quantitative estimate of drug-likeness (QED) is 0.357. The topological polar surface area (TPSA) is 76.9 Å². The number of nitrogens with zero attached hydrogens (tertiary/aromatic N) is 3. The van der Waals surface area contributed by atoms with Crippen LogP contribution in [0.1, 0.15) is 41.8 Å². The molecule has 4 rings (SSSR count). The summed E-state index contributed by atoms with van der Waals surface area (Å²) in [5.41, 5.74) is 10.0. The second-order valence-electron chi connectivity index (χ2n) is 7.63. The minimum Gasteiger partial charge on any atom is -0.441 e. The lowest BCUT2D eigenvalue weighted by Gasteiger charge is -2.27. The fourth-order valence-corrected chi connectivity index (χ4v) is 3.74. The van der Waals surface area contributed by atoms with Crippen LogP contribution in [-0.4, -0.2) is 28.8 Å². The smallest absolute Gasteiger partial charge is 0.226 e. The van der Waals surface area contributed by atoms with Crippen LogP contribution < -0.4 is 5.73 Å². The number of rotatable bonds is 7. The average Bonchev–Trinajstić information content (AvgIpc) is 3.16. The molecule has 0 atom stereocenters. The van der Waals surface area contributed by atoms with Crippen LogP contribution in [0, 0.1) is 6.92 Å². The van der Waals surface area contributed by atoms with E-state index in [1.807, 2.05) is 55.5 Å². The van der Waals surface area contributed by atoms with E-state index in [1.54, 1.807) is 0 Å². The van der Waals surface area contributed by atoms with Crippen LogP contribution in [0.25, 0.3) is 11.5 Å². The van der Waals surface area contributed by atoms with Crippen molar-refractivity contribution < 1.29 is 9.25 Å². The summed E-state index contributed by atoms with van der Waals surface area (Å²) in [7, 11) is 0. The Bertz CT molecular complexity index is 991. The van der Waals surface area contributed by atoms with Crippen molar-refractivity contribution in [3.63, 3.8) is 0 Å². The van der Waals surface area contributed by atoms with E-state index >= 15 is 0 Å². The second kappa shape index (κ2) is 9.59. The van der Waals surface area contributed by atoms with Gasteiger partial charge < -0.3 is 15.0 Å². The first kappa shape index (κ1) is 20.2. The first-order chi connectivity index (χ1) is 14.7. The van der Waals surface area contributed by atoms with Crippen LogP contribution in [0.3, 0.4) is 0 Å². The molecule has 3 aromatic rings. The fraction of sp³-hybridized carbons (Fsp3) is 0.333. The number of aromatic nitrogens is 1. The highest BCUT2D eigenvalue weighted by Crippen LogP contribution is 2.22. The van der Waals surface area contributed by atoms with Gasteiger partial charge >= 0.3 is 0 Å². The Labute approximate surface area is 177 Å². The molecule has 0 bridgehead atoms. The molecular weight excluding hydrogens is 376 g/mol. The number of amidine groups is 1. The van der Waals surface area contributed by atoms with E-state index in [1.165, 1.54) is 24.8 Å². The van der Waals surface area contributed by atoms with Crippen LogP contribution in [0.4, 0.5) is 0 Å². The molecule has 0 spiro atoms. The predicted octanol–water partition coefficient (Wildman–Crippen LogP) is 4.47. The van der Waals surface area contributed by atoms with Crippen molar-refractivity contribution >= 4 is 5.84 Å². The van der Waals surface area contributed by atoms with Crippen LogP contribution in [0.15, 0.2) is 64.2 Å². The Kier molecular flexibility index (Phi) is 6.44. The Hall–Kier alpha value is -3.12. The minimum atomic E-state index is 0.206. The number of piperidine rings is 1. The number of aryl methyl sites for hydroxylation is 1. The molecule has 2 aromatic carbocycles. The molecule has 2 N–H and O–H groups in total. The van der Waals surface area contributed by atoms with Crippen molar-refractivity contribution in [2.45, 2.75) is 39.3 Å². The van der Waals surface area contributed by atoms with Gasteiger partial charge in [0.1, 0.15) is 11.5 Å². The van der Waals surface area contributed by atoms with Gasteiger partial charge in [0, 0.05) is 17.7 Å². The molecule has 0 aliphatic carbocycles. The maximum Gasteiger partial charge on any atom is 0.226 e. The number of likely N-dealkylation sites (tertiary alicyclic amines) is 1. The van der Waals surface area contributed by atoms with Crippen LogP contribution >= 0.6 is 0 Å². The zero-order valence-corrected chi connectivity index (χ0v) is 17.4. The lowest BCUT2D eigenvalue weighted by atomic mass is 10.0. The standard InChI is InChI=1S/C24H28N4O2/c1-18-22(26-24(30-18)19-10-4-2-5-11-19)17-29-27-23(25)21-13-7-6-12-20(21)16-28-14-8-3-9-15-28/h2,4-7,10-13H,3,8-9,14-17H2,1H3,(H2,25,27). The number of oxime groups is 1. The van der Waals surface area contributed by atoms with Gasteiger partial charge in [0.05, 0.1) is 0 Å². The fourth-order valence-electron chi connectivity index (χ4n) is 3.74. The van der Waals surface area contributed by atoms with Gasteiger partial charge in [-0.05, 0) is 50.6 Å². The summed E-state index contributed by atoms with van der Waals surface area (Å²) in [5.74, 6) is 1.68. The molecule has 156 valence electrons. The van der Waals surface area contributed by atoms with Gasteiger partial charge in [-0.3, -0.25) is 4.90 Å². The predicted molar refractivity (Wildman–Crippen MR) is 118 cm³/mol. The summed E-state index contributed by atoms with van der Waals surface area (Å²) >= 11 is 0. The average molecular weight is 405 g/mol. The Morgan fingerprint density at radius 3 is 2.60 bits per heavy atom. The number of oxazole rings is 1. The van der Waals surface area contributed by atoms with E-state index in [-0.39, 0.29) is 6.61 Å². The number of hydrogen-bond acceptors (Lipinski definition) is 5. The molecule has 0 unspecified atom stereocenters. The van der Waals surface area contributed by atoms with Crippen molar-refractivity contribution in [3.05, 3.63) is 77.2 Å². The summed E-state index contributed by atoms with van der Waals surface area (Å²) in [6, 6.07) is 17.9. The van der Waals surface area contributed by atoms with Crippen LogP contribution in [-0.2, 0) is 18.0 Å². The van der Waals surface area contributed by atoms with E-state index in [4.69, 9.17) is 15.0 Å². The third-order valence-corrected chi connectivity index (χ3v) is 5.41. The summed E-state index contributed by atoms with van der Waals surface area (Å²) in [5, 5.41) is 4.16. The van der Waals surface area contributed by atoms with Gasteiger partial charge in [0.2, 0.25) is 5.89 Å². The summed E-state index contributed by atoms with van der Waals surface area (Å²) < 4.78 is 5.77. The van der Waals surface area contributed by atoms with Gasteiger partial charge in [-0.15, -0.1) is 0 Å². The largest absolute Gasteiger partial charge is 0.441 e. The molecule has 1 saturated heterocycles. The Morgan fingerprint density at radius 1 is 1.07 bits per heavy atom. The molecule has 0 radical (unpaired) electrons. The lowest BCUT2D eigenvalue weighted by molar-refractivity contribution is 0.127. The lowest BCUT2D eigenvalue weighted by Crippen LogP contribution is -2.30. The number of nitrogens with two attached hydrogens (primary N) is 1. The van der Waals surface area contributed by atoms with Crippen LogP contribution in [0.2, 0.25) is 0 Å². The zero-order chi connectivity index (χ0) is 20.8. The molecule has 6 nitrogen and oxygen atoms in total. The molecule has 1 aromatic heterocycles. The van der Waals surface area contributed by atoms with Gasteiger partial charge in [0.25, 0.3) is 0 Å². The monoisotopic (exact) mass is 404 g/mol. The highest BCUT2D eigenvalue weighted by Gasteiger charge is 2.15. The SMILES string of the molecule is Cc1oc(-c2ccccc2)nc1CO/N=C(/N)c1ccccc1CN1CCCCC1. The second-order valence-corrected chi connectivity index (χ2v) is 7.63. The van der Waals surface area contributed by atoms with Gasteiger partial charge in [-0.2, -0.15) is 0 Å². The first-order valence-electron chi connectivity index (χ1n) is 10.5. The number of hydrogen-bond donors (Lipinski definition) is 1. The van der Waals surface area contributed by atoms with E-state index < -0.39 is 0 Å². The van der Waals surface area contributed by atoms with Crippen molar-refractivity contribution in [1.82, 2.24) is 9.88 Å². The van der Waals surface area contributed by atoms with E-state index in [0.717, 1.165) is 30.8 Å². The van der Waals surface area contributed by atoms with Gasteiger partial charge in [0.15, 0.2) is 12.4 Å². The molecule has 1 aliphatic heterocycles. The molecule has 30 heavy (non-hydrogen) atoms. The Morgan fingerprint density at radius 2 is 1.80 bits per heavy atom. The minimum absolute atomic E-state index is 0.206. The van der Waals surface area contributed by atoms with Gasteiger partial charge in [-0.1, -0.05) is 54.0 Å². The summed E-state index contributed by atoms with van der Waals surface area (Å²) in [6.07, 6.45) is 3.84. The van der Waals surface area contributed by atoms with E-state index in [0.29, 0.717) is 23.2 Å². The van der Waals surface area contributed by atoms with Crippen molar-refractivity contribution in [1.29, 1.82) is 0 Å². The molecule has 1 aliphatic rings. The van der Waals surface area contributed by atoms with Gasteiger partial charge in [-0.25, -0.2) is 4.98 Å². The summed E-state index contributed by atoms with van der Waals surface area (Å²) in [6.45, 7) is 5.24. The molecule has 1 fully saturated rings. The maximum atomic E-state index is 6.26. The highest BCUT2D eigenvalue weighted by molar-refractivity contribution is 5.98. The summed E-state index contributed by atoms with van der Waals surface area (Å²) in [4.78, 5) is 12.5. The maximum absolute atomic E-state index is 6.26. The molecular formula is C24H28N4O2. The van der Waals surface area contributed by atoms with Crippen molar-refractivity contribution in [2.75, 3.05) is 13.1 Å². The highest BCUT2D eigenvalue weighted by atomic mass is 16.6.